The number of hydrogen-bond donors (Lipinski definition) is 2. The standard InChI is InChI=1S/C12H27NO/c1-4-5-6-7-8-9-10-13-12(2,3)11-14/h13-14H,4-11H2,1-3H3. The summed E-state index contributed by atoms with van der Waals surface area (Å²) in [5.41, 5.74) is -0.108. The Morgan fingerprint density at radius 3 is 2.14 bits per heavy atom. The quantitative estimate of drug-likeness (QED) is 0.562. The molecule has 0 aromatic heterocycles. The van der Waals surface area contributed by atoms with Gasteiger partial charge in [-0.05, 0) is 26.8 Å². The first-order chi connectivity index (χ1) is 6.62. The number of nitrogens with one attached hydrogen (secondary N) is 1. The third-order valence-electron chi connectivity index (χ3n) is 2.53. The van der Waals surface area contributed by atoms with Crippen LogP contribution in [-0.2, 0) is 0 Å². The van der Waals surface area contributed by atoms with E-state index in [4.69, 9.17) is 5.11 Å². The molecule has 0 spiro atoms. The summed E-state index contributed by atoms with van der Waals surface area (Å²) in [5, 5.41) is 12.4. The van der Waals surface area contributed by atoms with E-state index in [1.165, 1.54) is 38.5 Å². The fourth-order valence-electron chi connectivity index (χ4n) is 1.39. The van der Waals surface area contributed by atoms with Crippen LogP contribution in [0.1, 0.15) is 59.3 Å². The Hall–Kier alpha value is -0.0800. The molecule has 0 unspecified atom stereocenters. The van der Waals surface area contributed by atoms with Gasteiger partial charge in [0.2, 0.25) is 0 Å². The summed E-state index contributed by atoms with van der Waals surface area (Å²) >= 11 is 0. The average Bonchev–Trinajstić information content (AvgIpc) is 2.16. The van der Waals surface area contributed by atoms with Gasteiger partial charge in [0.15, 0.2) is 0 Å². The fourth-order valence-corrected chi connectivity index (χ4v) is 1.39. The molecule has 0 aromatic rings. The number of rotatable bonds is 9. The van der Waals surface area contributed by atoms with Crippen molar-refractivity contribution >= 4 is 0 Å². The molecular weight excluding hydrogens is 174 g/mol. The zero-order valence-electron chi connectivity index (χ0n) is 10.1. The molecule has 0 saturated heterocycles. The molecule has 0 saturated carbocycles. The maximum atomic E-state index is 9.00. The summed E-state index contributed by atoms with van der Waals surface area (Å²) in [6, 6.07) is 0. The maximum absolute atomic E-state index is 9.00. The van der Waals surface area contributed by atoms with E-state index in [1.54, 1.807) is 0 Å². The second kappa shape index (κ2) is 8.25. The van der Waals surface area contributed by atoms with Crippen LogP contribution in [0.4, 0.5) is 0 Å². The van der Waals surface area contributed by atoms with Gasteiger partial charge in [-0.2, -0.15) is 0 Å². The van der Waals surface area contributed by atoms with Crippen molar-refractivity contribution in [3.8, 4) is 0 Å². The first-order valence-electron chi connectivity index (χ1n) is 5.98. The third-order valence-corrected chi connectivity index (χ3v) is 2.53. The molecule has 0 heterocycles. The number of aliphatic hydroxyl groups excluding tert-OH is 1. The second-order valence-corrected chi connectivity index (χ2v) is 4.74. The van der Waals surface area contributed by atoms with Crippen LogP contribution in [0.3, 0.4) is 0 Å². The highest BCUT2D eigenvalue weighted by atomic mass is 16.3. The van der Waals surface area contributed by atoms with Gasteiger partial charge in [-0.3, -0.25) is 0 Å². The lowest BCUT2D eigenvalue weighted by Gasteiger charge is -2.23. The third kappa shape index (κ3) is 8.52. The SMILES string of the molecule is CCCCCCCCNC(C)(C)CO. The van der Waals surface area contributed by atoms with Crippen molar-refractivity contribution in [3.05, 3.63) is 0 Å². The van der Waals surface area contributed by atoms with Crippen molar-refractivity contribution in [2.24, 2.45) is 0 Å². The van der Waals surface area contributed by atoms with Crippen molar-refractivity contribution in [2.45, 2.75) is 64.8 Å². The minimum atomic E-state index is -0.108. The lowest BCUT2D eigenvalue weighted by molar-refractivity contribution is 0.188. The van der Waals surface area contributed by atoms with Crippen molar-refractivity contribution < 1.29 is 5.11 Å². The highest BCUT2D eigenvalue weighted by molar-refractivity contribution is 4.75. The van der Waals surface area contributed by atoms with Gasteiger partial charge in [0.05, 0.1) is 6.61 Å². The van der Waals surface area contributed by atoms with E-state index in [9.17, 15) is 0 Å². The predicted molar refractivity (Wildman–Crippen MR) is 62.5 cm³/mol. The van der Waals surface area contributed by atoms with Gasteiger partial charge in [0, 0.05) is 5.54 Å². The Labute approximate surface area is 89.1 Å². The van der Waals surface area contributed by atoms with Crippen LogP contribution < -0.4 is 5.32 Å². The molecule has 2 N–H and O–H groups in total. The summed E-state index contributed by atoms with van der Waals surface area (Å²) in [6.45, 7) is 7.54. The molecular formula is C12H27NO. The molecule has 0 bridgehead atoms. The summed E-state index contributed by atoms with van der Waals surface area (Å²) in [5.74, 6) is 0. The molecule has 14 heavy (non-hydrogen) atoms. The van der Waals surface area contributed by atoms with Gasteiger partial charge in [0.25, 0.3) is 0 Å². The van der Waals surface area contributed by atoms with Gasteiger partial charge in [-0.1, -0.05) is 39.0 Å². The highest BCUT2D eigenvalue weighted by Gasteiger charge is 2.13. The molecule has 86 valence electrons. The van der Waals surface area contributed by atoms with E-state index >= 15 is 0 Å². The number of aliphatic hydroxyl groups is 1. The van der Waals surface area contributed by atoms with Crippen molar-refractivity contribution in [3.63, 3.8) is 0 Å². The summed E-state index contributed by atoms with van der Waals surface area (Å²) < 4.78 is 0. The molecule has 0 amide bonds. The Bertz CT molecular complexity index is 123. The molecule has 0 radical (unpaired) electrons. The Kier molecular flexibility index (Phi) is 8.20. The molecule has 0 rings (SSSR count). The smallest absolute Gasteiger partial charge is 0.0607 e. The van der Waals surface area contributed by atoms with E-state index in [0.29, 0.717) is 0 Å². The van der Waals surface area contributed by atoms with E-state index in [1.807, 2.05) is 13.8 Å². The van der Waals surface area contributed by atoms with Crippen molar-refractivity contribution in [1.82, 2.24) is 5.32 Å². The molecule has 0 aliphatic carbocycles. The lowest BCUT2D eigenvalue weighted by atomic mass is 10.1. The first kappa shape index (κ1) is 13.9. The minimum absolute atomic E-state index is 0.108. The van der Waals surface area contributed by atoms with Crippen LogP contribution in [-0.4, -0.2) is 23.8 Å². The van der Waals surface area contributed by atoms with E-state index < -0.39 is 0 Å². The maximum Gasteiger partial charge on any atom is 0.0607 e. The van der Waals surface area contributed by atoms with E-state index in [-0.39, 0.29) is 12.1 Å². The Balaban J connectivity index is 3.13. The molecule has 0 atom stereocenters. The summed E-state index contributed by atoms with van der Waals surface area (Å²) in [7, 11) is 0. The van der Waals surface area contributed by atoms with E-state index in [0.717, 1.165) is 6.54 Å². The average molecular weight is 201 g/mol. The molecule has 2 nitrogen and oxygen atoms in total. The summed E-state index contributed by atoms with van der Waals surface area (Å²) in [6.07, 6.45) is 7.96. The monoisotopic (exact) mass is 201 g/mol. The van der Waals surface area contributed by atoms with Crippen LogP contribution in [0.15, 0.2) is 0 Å². The van der Waals surface area contributed by atoms with Crippen LogP contribution in [0, 0.1) is 0 Å². The normalized spacial score (nSPS) is 12.0. The van der Waals surface area contributed by atoms with Crippen molar-refractivity contribution in [2.75, 3.05) is 13.2 Å². The molecule has 2 heteroatoms. The molecule has 0 aromatic carbocycles. The lowest BCUT2D eigenvalue weighted by Crippen LogP contribution is -2.43. The van der Waals surface area contributed by atoms with Gasteiger partial charge < -0.3 is 10.4 Å². The van der Waals surface area contributed by atoms with Gasteiger partial charge >= 0.3 is 0 Å². The summed E-state index contributed by atoms with van der Waals surface area (Å²) in [4.78, 5) is 0. The topological polar surface area (TPSA) is 32.3 Å². The Morgan fingerprint density at radius 2 is 1.57 bits per heavy atom. The largest absolute Gasteiger partial charge is 0.394 e. The highest BCUT2D eigenvalue weighted by Crippen LogP contribution is 2.05. The number of hydrogen-bond acceptors (Lipinski definition) is 2. The van der Waals surface area contributed by atoms with Gasteiger partial charge in [-0.15, -0.1) is 0 Å². The Morgan fingerprint density at radius 1 is 1.00 bits per heavy atom. The minimum Gasteiger partial charge on any atom is -0.394 e. The fraction of sp³-hybridized carbons (Fsp3) is 1.00. The van der Waals surface area contributed by atoms with Crippen LogP contribution in [0.5, 0.6) is 0 Å². The van der Waals surface area contributed by atoms with Crippen molar-refractivity contribution in [1.29, 1.82) is 0 Å². The zero-order valence-corrected chi connectivity index (χ0v) is 10.1. The number of unbranched alkanes of at least 4 members (excludes halogenated alkanes) is 5. The first-order valence-corrected chi connectivity index (χ1v) is 5.98. The molecule has 0 aliphatic rings. The van der Waals surface area contributed by atoms with E-state index in [2.05, 4.69) is 12.2 Å². The second-order valence-electron chi connectivity index (χ2n) is 4.74. The van der Waals surface area contributed by atoms with Crippen LogP contribution in [0.2, 0.25) is 0 Å². The van der Waals surface area contributed by atoms with Gasteiger partial charge in [-0.25, -0.2) is 0 Å². The molecule has 0 fully saturated rings. The van der Waals surface area contributed by atoms with Crippen LogP contribution in [0.25, 0.3) is 0 Å². The molecule has 0 aliphatic heterocycles. The zero-order chi connectivity index (χ0) is 10.9. The van der Waals surface area contributed by atoms with Crippen LogP contribution >= 0.6 is 0 Å². The predicted octanol–water partition coefficient (Wildman–Crippen LogP) is 2.71. The van der Waals surface area contributed by atoms with Gasteiger partial charge in [0.1, 0.15) is 0 Å².